The zero-order valence-corrected chi connectivity index (χ0v) is 17.7. The van der Waals surface area contributed by atoms with E-state index in [1.54, 1.807) is 19.3 Å². The van der Waals surface area contributed by atoms with E-state index in [0.29, 0.717) is 24.0 Å². The Labute approximate surface area is 182 Å². The summed E-state index contributed by atoms with van der Waals surface area (Å²) in [7, 11) is 0. The lowest BCUT2D eigenvalue weighted by Crippen LogP contribution is -2.34. The molecule has 1 aliphatic heterocycles. The number of piperidine rings is 1. The number of β-amino-alcohol motifs (C(OH)–C–C–N with tert-alkyl or cyclic N) is 1. The fraction of sp³-hybridized carbons (Fsp3) is 0.417. The molecule has 7 nitrogen and oxygen atoms in total. The largest absolute Gasteiger partial charge is 0.395 e. The van der Waals surface area contributed by atoms with Gasteiger partial charge in [-0.3, -0.25) is 0 Å². The quantitative estimate of drug-likeness (QED) is 0.596. The Morgan fingerprint density at radius 3 is 2.68 bits per heavy atom. The van der Waals surface area contributed by atoms with Crippen LogP contribution in [0.5, 0.6) is 0 Å². The number of aromatic nitrogens is 3. The Bertz CT molecular complexity index is 1030. The van der Waals surface area contributed by atoms with Crippen molar-refractivity contribution in [3.05, 3.63) is 71.1 Å². The van der Waals surface area contributed by atoms with Crippen LogP contribution in [0.2, 0.25) is 0 Å². The van der Waals surface area contributed by atoms with Gasteiger partial charge in [-0.1, -0.05) is 23.2 Å². The van der Waals surface area contributed by atoms with Crippen LogP contribution in [0.3, 0.4) is 0 Å². The molecule has 0 radical (unpaired) electrons. The first-order valence-electron chi connectivity index (χ1n) is 10.7. The van der Waals surface area contributed by atoms with Gasteiger partial charge in [0.1, 0.15) is 17.6 Å². The van der Waals surface area contributed by atoms with Gasteiger partial charge in [0.05, 0.1) is 13.2 Å². The van der Waals surface area contributed by atoms with E-state index in [1.165, 1.54) is 5.56 Å². The number of aliphatic hydroxyl groups is 2. The lowest BCUT2D eigenvalue weighted by Gasteiger charge is -2.31. The highest BCUT2D eigenvalue weighted by Gasteiger charge is 2.20. The van der Waals surface area contributed by atoms with Crippen molar-refractivity contribution in [2.75, 3.05) is 26.2 Å². The average Bonchev–Trinajstić information content (AvgIpc) is 3.43. The third kappa shape index (κ3) is 5.42. The highest BCUT2D eigenvalue weighted by Crippen LogP contribution is 2.28. The SMILES string of the molecule is C[C@H](O)c1nccn1Cc1cc(C#Cc2ccc(C3CCN(CCO)CC3)cc2)on1. The number of likely N-dealkylation sites (tertiary alicyclic amines) is 1. The Morgan fingerprint density at radius 1 is 1.19 bits per heavy atom. The van der Waals surface area contributed by atoms with E-state index in [9.17, 15) is 5.11 Å². The third-order valence-electron chi connectivity index (χ3n) is 5.73. The van der Waals surface area contributed by atoms with Crippen molar-refractivity contribution in [2.45, 2.75) is 38.3 Å². The van der Waals surface area contributed by atoms with Crippen LogP contribution in [0.1, 0.15) is 60.2 Å². The van der Waals surface area contributed by atoms with Gasteiger partial charge in [0.25, 0.3) is 0 Å². The summed E-state index contributed by atoms with van der Waals surface area (Å²) < 4.78 is 7.18. The summed E-state index contributed by atoms with van der Waals surface area (Å²) in [5, 5.41) is 22.9. The van der Waals surface area contributed by atoms with Gasteiger partial charge in [-0.15, -0.1) is 0 Å². The molecule has 7 heteroatoms. The molecule has 0 aliphatic carbocycles. The predicted molar refractivity (Wildman–Crippen MR) is 116 cm³/mol. The van der Waals surface area contributed by atoms with Crippen molar-refractivity contribution in [3.63, 3.8) is 0 Å². The van der Waals surface area contributed by atoms with Crippen LogP contribution in [-0.4, -0.2) is 56.1 Å². The molecule has 1 fully saturated rings. The van der Waals surface area contributed by atoms with Crippen molar-refractivity contribution < 1.29 is 14.7 Å². The van der Waals surface area contributed by atoms with Crippen LogP contribution in [0.15, 0.2) is 47.2 Å². The van der Waals surface area contributed by atoms with Crippen LogP contribution >= 0.6 is 0 Å². The fourth-order valence-electron chi connectivity index (χ4n) is 4.05. The standard InChI is InChI=1S/C24H28N4O3/c1-18(30)24-25-10-13-28(24)17-22-16-23(31-26-22)7-4-19-2-5-20(6-3-19)21-8-11-27(12-9-21)14-15-29/h2-3,5-6,10,13,16,18,21,29-30H,8-9,11-12,14-15,17H2,1H3/t18-/m0/s1. The predicted octanol–water partition coefficient (Wildman–Crippen LogP) is 2.54. The number of aliphatic hydroxyl groups excluding tert-OH is 2. The molecule has 1 aliphatic rings. The molecule has 1 saturated heterocycles. The molecule has 3 aromatic rings. The monoisotopic (exact) mass is 420 g/mol. The maximum absolute atomic E-state index is 9.76. The molecule has 0 unspecified atom stereocenters. The molecule has 3 heterocycles. The summed E-state index contributed by atoms with van der Waals surface area (Å²) in [4.78, 5) is 6.48. The topological polar surface area (TPSA) is 87.6 Å². The van der Waals surface area contributed by atoms with Gasteiger partial charge >= 0.3 is 0 Å². The Morgan fingerprint density at radius 2 is 1.97 bits per heavy atom. The molecule has 1 aromatic carbocycles. The molecule has 2 aromatic heterocycles. The normalized spacial score (nSPS) is 16.1. The zero-order valence-electron chi connectivity index (χ0n) is 17.7. The number of imidazole rings is 1. The minimum Gasteiger partial charge on any atom is -0.395 e. The second-order valence-electron chi connectivity index (χ2n) is 7.98. The summed E-state index contributed by atoms with van der Waals surface area (Å²) in [6.45, 7) is 5.24. The minimum atomic E-state index is -0.641. The first kappa shape index (κ1) is 21.3. The zero-order chi connectivity index (χ0) is 21.6. The van der Waals surface area contributed by atoms with Crippen molar-refractivity contribution >= 4 is 0 Å². The van der Waals surface area contributed by atoms with Crippen LogP contribution in [-0.2, 0) is 6.54 Å². The van der Waals surface area contributed by atoms with Crippen molar-refractivity contribution in [2.24, 2.45) is 0 Å². The van der Waals surface area contributed by atoms with Gasteiger partial charge < -0.3 is 24.2 Å². The molecular formula is C24H28N4O3. The van der Waals surface area contributed by atoms with E-state index in [4.69, 9.17) is 9.63 Å². The number of nitrogens with zero attached hydrogens (tertiary/aromatic N) is 4. The van der Waals surface area contributed by atoms with E-state index in [2.05, 4.69) is 51.1 Å². The molecule has 1 atom stereocenters. The lowest BCUT2D eigenvalue weighted by molar-refractivity contribution is 0.164. The van der Waals surface area contributed by atoms with Crippen LogP contribution in [0.25, 0.3) is 0 Å². The highest BCUT2D eigenvalue weighted by molar-refractivity contribution is 5.41. The van der Waals surface area contributed by atoms with Gasteiger partial charge in [0.15, 0.2) is 0 Å². The fourth-order valence-corrected chi connectivity index (χ4v) is 4.05. The number of hydrogen-bond acceptors (Lipinski definition) is 6. The van der Waals surface area contributed by atoms with Crippen molar-refractivity contribution in [3.8, 4) is 11.8 Å². The summed E-state index contributed by atoms with van der Waals surface area (Å²) in [6.07, 6.45) is 5.07. The van der Waals surface area contributed by atoms with E-state index in [-0.39, 0.29) is 6.61 Å². The second kappa shape index (κ2) is 9.92. The summed E-state index contributed by atoms with van der Waals surface area (Å²) in [6, 6.07) is 10.3. The summed E-state index contributed by atoms with van der Waals surface area (Å²) in [5.74, 6) is 7.84. The smallest absolute Gasteiger partial charge is 0.210 e. The first-order valence-corrected chi connectivity index (χ1v) is 10.7. The Balaban J connectivity index is 1.36. The second-order valence-corrected chi connectivity index (χ2v) is 7.98. The van der Waals surface area contributed by atoms with Gasteiger partial charge in [0, 0.05) is 30.6 Å². The van der Waals surface area contributed by atoms with Gasteiger partial charge in [0.2, 0.25) is 5.76 Å². The maximum atomic E-state index is 9.76. The molecule has 4 rings (SSSR count). The molecule has 0 spiro atoms. The van der Waals surface area contributed by atoms with Crippen LogP contribution in [0, 0.1) is 11.8 Å². The summed E-state index contributed by atoms with van der Waals surface area (Å²) >= 11 is 0. The maximum Gasteiger partial charge on any atom is 0.210 e. The van der Waals surface area contributed by atoms with E-state index >= 15 is 0 Å². The highest BCUT2D eigenvalue weighted by atomic mass is 16.5. The van der Waals surface area contributed by atoms with E-state index < -0.39 is 6.10 Å². The number of hydrogen-bond donors (Lipinski definition) is 2. The summed E-state index contributed by atoms with van der Waals surface area (Å²) in [5.41, 5.74) is 3.02. The average molecular weight is 421 g/mol. The molecule has 0 saturated carbocycles. The molecule has 0 bridgehead atoms. The minimum absolute atomic E-state index is 0.233. The van der Waals surface area contributed by atoms with Gasteiger partial charge in [-0.25, -0.2) is 4.98 Å². The van der Waals surface area contributed by atoms with Gasteiger partial charge in [-0.05, 0) is 62.4 Å². The van der Waals surface area contributed by atoms with Crippen LogP contribution in [0.4, 0.5) is 0 Å². The third-order valence-corrected chi connectivity index (χ3v) is 5.73. The molecular weight excluding hydrogens is 392 g/mol. The molecule has 31 heavy (non-hydrogen) atoms. The Kier molecular flexibility index (Phi) is 6.82. The number of rotatable bonds is 6. The van der Waals surface area contributed by atoms with Crippen molar-refractivity contribution in [1.82, 2.24) is 19.6 Å². The molecule has 162 valence electrons. The molecule has 2 N–H and O–H groups in total. The number of benzene rings is 1. The van der Waals surface area contributed by atoms with E-state index in [1.807, 2.05) is 10.6 Å². The van der Waals surface area contributed by atoms with Gasteiger partial charge in [-0.2, -0.15) is 0 Å². The van der Waals surface area contributed by atoms with Crippen LogP contribution < -0.4 is 0 Å². The lowest BCUT2D eigenvalue weighted by atomic mass is 9.89. The van der Waals surface area contributed by atoms with E-state index in [0.717, 1.165) is 43.7 Å². The molecule has 0 amide bonds. The first-order chi connectivity index (χ1) is 15.1. The van der Waals surface area contributed by atoms with Crippen molar-refractivity contribution in [1.29, 1.82) is 0 Å². The Hall–Kier alpha value is -2.92.